The molecule has 2 N–H and O–H groups in total. The first-order chi connectivity index (χ1) is 6.31. The molecule has 0 fully saturated rings. The highest BCUT2D eigenvalue weighted by Crippen LogP contribution is 2.01. The molecular weight excluding hydrogens is 208 g/mol. The van der Waals surface area contributed by atoms with Gasteiger partial charge in [0, 0.05) is 20.1 Å². The first-order valence-corrected chi connectivity index (χ1v) is 5.69. The molecule has 1 unspecified atom stereocenters. The number of nitrogens with one attached hydrogen (secondary N) is 1. The molecule has 14 heavy (non-hydrogen) atoms. The van der Waals surface area contributed by atoms with Crippen LogP contribution >= 0.6 is 0 Å². The Balaban J connectivity index is 4.34. The number of rotatable bonds is 6. The Bertz CT molecular complexity index is 288. The molecule has 84 valence electrons. The molecule has 0 aromatic rings. The van der Waals surface area contributed by atoms with Crippen LogP contribution in [0.1, 0.15) is 13.8 Å². The number of hydrogen-bond acceptors (Lipinski definition) is 3. The Hall–Kier alpha value is -0.660. The molecule has 0 rings (SSSR count). The quantitative estimate of drug-likeness (QED) is 0.636. The second-order valence-electron chi connectivity index (χ2n) is 3.02. The Morgan fingerprint density at radius 3 is 2.43 bits per heavy atom. The second kappa shape index (κ2) is 5.28. The van der Waals surface area contributed by atoms with Gasteiger partial charge in [-0.1, -0.05) is 13.8 Å². The van der Waals surface area contributed by atoms with Crippen molar-refractivity contribution in [2.75, 3.05) is 20.1 Å². The van der Waals surface area contributed by atoms with E-state index >= 15 is 0 Å². The average Bonchev–Trinajstić information content (AvgIpc) is 2.03. The lowest BCUT2D eigenvalue weighted by molar-refractivity contribution is -0.141. The molecule has 0 aromatic heterocycles. The minimum atomic E-state index is -3.52. The third-order valence-corrected chi connectivity index (χ3v) is 3.31. The normalized spacial score (nSPS) is 14.3. The molecule has 0 aliphatic carbocycles. The van der Waals surface area contributed by atoms with E-state index in [4.69, 9.17) is 5.11 Å². The maximum Gasteiger partial charge on any atom is 0.307 e. The zero-order valence-corrected chi connectivity index (χ0v) is 9.34. The van der Waals surface area contributed by atoms with Gasteiger partial charge in [0.1, 0.15) is 0 Å². The van der Waals surface area contributed by atoms with Crippen LogP contribution < -0.4 is 4.72 Å². The summed E-state index contributed by atoms with van der Waals surface area (Å²) < 4.78 is 25.9. The summed E-state index contributed by atoms with van der Waals surface area (Å²) in [5.74, 6) is -1.73. The van der Waals surface area contributed by atoms with Gasteiger partial charge in [-0.25, -0.2) is 4.72 Å². The van der Waals surface area contributed by atoms with E-state index in [-0.39, 0.29) is 13.1 Å². The van der Waals surface area contributed by atoms with E-state index in [0.29, 0.717) is 0 Å². The lowest BCUT2D eigenvalue weighted by Crippen LogP contribution is -2.41. The largest absolute Gasteiger partial charge is 0.481 e. The summed E-state index contributed by atoms with van der Waals surface area (Å²) in [4.78, 5) is 10.5. The van der Waals surface area contributed by atoms with Crippen molar-refractivity contribution in [3.63, 3.8) is 0 Å². The summed E-state index contributed by atoms with van der Waals surface area (Å²) in [6, 6.07) is 0. The summed E-state index contributed by atoms with van der Waals surface area (Å²) in [6.07, 6.45) is 0. The van der Waals surface area contributed by atoms with Crippen LogP contribution in [0.3, 0.4) is 0 Å². The third-order valence-electron chi connectivity index (χ3n) is 1.69. The standard InChI is InChI=1S/C7H16N2O4S/c1-4-8-14(12,13)9(3)5-6(2)7(10)11/h6,8H,4-5H2,1-3H3,(H,10,11). The monoisotopic (exact) mass is 224 g/mol. The van der Waals surface area contributed by atoms with Gasteiger partial charge in [0.15, 0.2) is 0 Å². The first kappa shape index (κ1) is 13.3. The van der Waals surface area contributed by atoms with Gasteiger partial charge in [0.2, 0.25) is 0 Å². The predicted octanol–water partition coefficient (Wildman–Crippen LogP) is -0.507. The summed E-state index contributed by atoms with van der Waals surface area (Å²) in [7, 11) is -2.17. The topological polar surface area (TPSA) is 86.7 Å². The molecule has 6 nitrogen and oxygen atoms in total. The van der Waals surface area contributed by atoms with E-state index < -0.39 is 22.1 Å². The van der Waals surface area contributed by atoms with E-state index in [1.807, 2.05) is 0 Å². The summed E-state index contributed by atoms with van der Waals surface area (Å²) in [5.41, 5.74) is 0. The molecule has 7 heteroatoms. The van der Waals surface area contributed by atoms with E-state index in [1.165, 1.54) is 14.0 Å². The lowest BCUT2D eigenvalue weighted by atomic mass is 10.2. The highest BCUT2D eigenvalue weighted by Gasteiger charge is 2.21. The van der Waals surface area contributed by atoms with Crippen molar-refractivity contribution in [2.24, 2.45) is 5.92 Å². The predicted molar refractivity (Wildman–Crippen MR) is 52.0 cm³/mol. The minimum Gasteiger partial charge on any atom is -0.481 e. The molecule has 0 spiro atoms. The Labute approximate surface area is 84.1 Å². The smallest absolute Gasteiger partial charge is 0.307 e. The molecule has 0 heterocycles. The van der Waals surface area contributed by atoms with Crippen LogP contribution in [0.15, 0.2) is 0 Å². The summed E-state index contributed by atoms with van der Waals surface area (Å²) >= 11 is 0. The number of aliphatic carboxylic acids is 1. The number of hydrogen-bond donors (Lipinski definition) is 2. The van der Waals surface area contributed by atoms with Crippen LogP contribution in [0.2, 0.25) is 0 Å². The van der Waals surface area contributed by atoms with Crippen molar-refractivity contribution in [1.29, 1.82) is 0 Å². The van der Waals surface area contributed by atoms with E-state index in [0.717, 1.165) is 4.31 Å². The Morgan fingerprint density at radius 2 is 2.07 bits per heavy atom. The highest BCUT2D eigenvalue weighted by molar-refractivity contribution is 7.87. The van der Waals surface area contributed by atoms with Crippen molar-refractivity contribution in [3.8, 4) is 0 Å². The summed E-state index contributed by atoms with van der Waals surface area (Å²) in [5, 5.41) is 8.58. The average molecular weight is 224 g/mol. The molecule has 1 atom stereocenters. The van der Waals surface area contributed by atoms with Crippen LogP contribution in [-0.4, -0.2) is 43.9 Å². The van der Waals surface area contributed by atoms with Crippen LogP contribution in [0.4, 0.5) is 0 Å². The lowest BCUT2D eigenvalue weighted by Gasteiger charge is -2.18. The Kier molecular flexibility index (Phi) is 5.03. The number of carboxylic acid groups (broad SMARTS) is 1. The van der Waals surface area contributed by atoms with Crippen molar-refractivity contribution in [1.82, 2.24) is 9.03 Å². The summed E-state index contributed by atoms with van der Waals surface area (Å²) in [6.45, 7) is 3.37. The van der Waals surface area contributed by atoms with Gasteiger partial charge in [-0.15, -0.1) is 0 Å². The van der Waals surface area contributed by atoms with Crippen molar-refractivity contribution in [2.45, 2.75) is 13.8 Å². The Morgan fingerprint density at radius 1 is 1.57 bits per heavy atom. The molecule has 0 aliphatic heterocycles. The number of carbonyl (C=O) groups is 1. The highest BCUT2D eigenvalue weighted by atomic mass is 32.2. The molecule has 0 radical (unpaired) electrons. The van der Waals surface area contributed by atoms with Crippen molar-refractivity contribution >= 4 is 16.2 Å². The zero-order chi connectivity index (χ0) is 11.4. The molecule has 0 aliphatic rings. The van der Waals surface area contributed by atoms with Crippen LogP contribution in [0, 0.1) is 5.92 Å². The van der Waals surface area contributed by atoms with Gasteiger partial charge < -0.3 is 5.11 Å². The van der Waals surface area contributed by atoms with Crippen LogP contribution in [0.5, 0.6) is 0 Å². The minimum absolute atomic E-state index is 0.0370. The molecular formula is C7H16N2O4S. The van der Waals surface area contributed by atoms with Gasteiger partial charge in [0.25, 0.3) is 10.2 Å². The maximum atomic E-state index is 11.3. The third kappa shape index (κ3) is 4.03. The van der Waals surface area contributed by atoms with Gasteiger partial charge in [0.05, 0.1) is 5.92 Å². The zero-order valence-electron chi connectivity index (χ0n) is 8.52. The van der Waals surface area contributed by atoms with Crippen LogP contribution in [-0.2, 0) is 15.0 Å². The van der Waals surface area contributed by atoms with Gasteiger partial charge in [-0.3, -0.25) is 4.79 Å². The first-order valence-electron chi connectivity index (χ1n) is 4.25. The van der Waals surface area contributed by atoms with Gasteiger partial charge in [-0.05, 0) is 0 Å². The molecule has 0 bridgehead atoms. The van der Waals surface area contributed by atoms with E-state index in [1.54, 1.807) is 6.92 Å². The van der Waals surface area contributed by atoms with E-state index in [2.05, 4.69) is 4.72 Å². The SMILES string of the molecule is CCNS(=O)(=O)N(C)CC(C)C(=O)O. The van der Waals surface area contributed by atoms with Crippen molar-refractivity contribution in [3.05, 3.63) is 0 Å². The van der Waals surface area contributed by atoms with Gasteiger partial charge >= 0.3 is 5.97 Å². The van der Waals surface area contributed by atoms with Crippen molar-refractivity contribution < 1.29 is 18.3 Å². The molecule has 0 saturated carbocycles. The number of carboxylic acids is 1. The number of nitrogens with zero attached hydrogens (tertiary/aromatic N) is 1. The van der Waals surface area contributed by atoms with E-state index in [9.17, 15) is 13.2 Å². The molecule has 0 saturated heterocycles. The maximum absolute atomic E-state index is 11.3. The fourth-order valence-corrected chi connectivity index (χ4v) is 1.86. The van der Waals surface area contributed by atoms with Gasteiger partial charge in [-0.2, -0.15) is 12.7 Å². The second-order valence-corrected chi connectivity index (χ2v) is 4.88. The molecule has 0 amide bonds. The van der Waals surface area contributed by atoms with Crippen LogP contribution in [0.25, 0.3) is 0 Å². The molecule has 0 aromatic carbocycles. The fraction of sp³-hybridized carbons (Fsp3) is 0.857. The fourth-order valence-electron chi connectivity index (χ4n) is 0.854.